The molecule has 2 amide bonds. The Hall–Kier alpha value is -2.63. The molecule has 6 heteroatoms. The predicted molar refractivity (Wildman–Crippen MR) is 123 cm³/mol. The number of hydrogen-bond donors (Lipinski definition) is 1. The Bertz CT molecular complexity index is 972. The summed E-state index contributed by atoms with van der Waals surface area (Å²) in [6.45, 7) is 11.9. The molecule has 0 bridgehead atoms. The van der Waals surface area contributed by atoms with Crippen molar-refractivity contribution in [2.24, 2.45) is 11.3 Å². The lowest BCUT2D eigenvalue weighted by Gasteiger charge is -2.39. The molecule has 0 saturated heterocycles. The van der Waals surface area contributed by atoms with Gasteiger partial charge in [0.2, 0.25) is 5.91 Å². The van der Waals surface area contributed by atoms with Crippen LogP contribution in [-0.4, -0.2) is 46.2 Å². The summed E-state index contributed by atoms with van der Waals surface area (Å²) >= 11 is 0. The van der Waals surface area contributed by atoms with E-state index in [2.05, 4.69) is 26.1 Å². The monoisotopic (exact) mass is 425 g/mol. The van der Waals surface area contributed by atoms with Gasteiger partial charge in [-0.05, 0) is 50.5 Å². The van der Waals surface area contributed by atoms with Gasteiger partial charge in [0.15, 0.2) is 0 Å². The molecule has 1 fully saturated rings. The molecule has 168 valence electrons. The number of benzene rings is 1. The number of hydrogen-bond acceptors (Lipinski definition) is 3. The summed E-state index contributed by atoms with van der Waals surface area (Å²) in [5, 5.41) is 3.68. The summed E-state index contributed by atoms with van der Waals surface area (Å²) in [7, 11) is 0. The standard InChI is InChI=1S/C25H35N3O3/c1-6-27(7-2)22(29)16-28-15-20(19-10-8-9-11-21(19)28)23(30)24(31)26-18-12-17(3)13-25(4,5)14-18/h8-11,15,17-18H,6-7,12-14,16H2,1-5H3,(H,26,31)/t17-,18-/m1/s1. The van der Waals surface area contributed by atoms with Crippen LogP contribution in [0.5, 0.6) is 0 Å². The van der Waals surface area contributed by atoms with Crippen LogP contribution < -0.4 is 5.32 Å². The molecule has 31 heavy (non-hydrogen) atoms. The fourth-order valence-electron chi connectivity index (χ4n) is 5.21. The van der Waals surface area contributed by atoms with Crippen LogP contribution in [0, 0.1) is 11.3 Å². The quantitative estimate of drug-likeness (QED) is 0.538. The number of fused-ring (bicyclic) bond motifs is 1. The maximum Gasteiger partial charge on any atom is 0.292 e. The molecule has 0 radical (unpaired) electrons. The second-order valence-electron chi connectivity index (χ2n) is 9.67. The molecular formula is C25H35N3O3. The van der Waals surface area contributed by atoms with E-state index in [1.165, 1.54) is 0 Å². The molecule has 0 aliphatic heterocycles. The number of ketones is 1. The summed E-state index contributed by atoms with van der Waals surface area (Å²) in [4.78, 5) is 40.3. The summed E-state index contributed by atoms with van der Waals surface area (Å²) in [5.74, 6) is -0.598. The van der Waals surface area contributed by atoms with Gasteiger partial charge in [0.1, 0.15) is 6.54 Å². The third-order valence-corrected chi connectivity index (χ3v) is 6.38. The van der Waals surface area contributed by atoms with Gasteiger partial charge in [-0.15, -0.1) is 0 Å². The lowest BCUT2D eigenvalue weighted by molar-refractivity contribution is -0.131. The first-order chi connectivity index (χ1) is 14.6. The van der Waals surface area contributed by atoms with Crippen LogP contribution in [0.4, 0.5) is 0 Å². The van der Waals surface area contributed by atoms with Gasteiger partial charge in [-0.1, -0.05) is 39.0 Å². The largest absolute Gasteiger partial charge is 0.346 e. The minimum Gasteiger partial charge on any atom is -0.346 e. The van der Waals surface area contributed by atoms with Crippen molar-refractivity contribution in [3.8, 4) is 0 Å². The van der Waals surface area contributed by atoms with Crippen LogP contribution in [-0.2, 0) is 16.1 Å². The molecule has 0 spiro atoms. The molecule has 1 aliphatic carbocycles. The van der Waals surface area contributed by atoms with Crippen molar-refractivity contribution in [3.05, 3.63) is 36.0 Å². The average molecular weight is 426 g/mol. The number of carbonyl (C=O) groups excluding carboxylic acids is 3. The molecule has 1 N–H and O–H groups in total. The van der Waals surface area contributed by atoms with E-state index in [0.717, 1.165) is 24.8 Å². The van der Waals surface area contributed by atoms with Crippen LogP contribution in [0.1, 0.15) is 64.2 Å². The van der Waals surface area contributed by atoms with E-state index in [1.54, 1.807) is 15.7 Å². The highest BCUT2D eigenvalue weighted by Crippen LogP contribution is 2.38. The second-order valence-corrected chi connectivity index (χ2v) is 9.67. The SMILES string of the molecule is CCN(CC)C(=O)Cn1cc(C(=O)C(=O)N[C@@H]2C[C@@H](C)CC(C)(C)C2)c2ccccc21. The van der Waals surface area contributed by atoms with Crippen molar-refractivity contribution >= 4 is 28.5 Å². The number of Topliss-reactive ketones (excluding diaryl/α,β-unsaturated/α-hetero) is 1. The maximum atomic E-state index is 13.1. The van der Waals surface area contributed by atoms with Gasteiger partial charge in [-0.3, -0.25) is 14.4 Å². The van der Waals surface area contributed by atoms with Crippen LogP contribution in [0.2, 0.25) is 0 Å². The normalized spacial score (nSPS) is 20.4. The number of likely N-dealkylation sites (N-methyl/N-ethyl adjacent to an activating group) is 1. The van der Waals surface area contributed by atoms with E-state index in [4.69, 9.17) is 0 Å². The van der Waals surface area contributed by atoms with Gasteiger partial charge in [0.25, 0.3) is 11.7 Å². The molecule has 1 saturated carbocycles. The predicted octanol–water partition coefficient (Wildman–Crippen LogP) is 4.02. The highest BCUT2D eigenvalue weighted by molar-refractivity contribution is 6.45. The minimum absolute atomic E-state index is 0.00683. The first kappa shape index (κ1) is 23.0. The van der Waals surface area contributed by atoms with Crippen LogP contribution in [0.25, 0.3) is 10.9 Å². The number of aromatic nitrogens is 1. The van der Waals surface area contributed by atoms with Crippen molar-refractivity contribution in [2.75, 3.05) is 13.1 Å². The third kappa shape index (κ3) is 5.17. The zero-order chi connectivity index (χ0) is 22.8. The van der Waals surface area contributed by atoms with Crippen molar-refractivity contribution < 1.29 is 14.4 Å². The highest BCUT2D eigenvalue weighted by Gasteiger charge is 2.34. The Labute approximate surface area is 185 Å². The molecule has 1 aromatic carbocycles. The highest BCUT2D eigenvalue weighted by atomic mass is 16.2. The van der Waals surface area contributed by atoms with Crippen LogP contribution >= 0.6 is 0 Å². The van der Waals surface area contributed by atoms with Gasteiger partial charge >= 0.3 is 0 Å². The van der Waals surface area contributed by atoms with E-state index >= 15 is 0 Å². The molecular weight excluding hydrogens is 390 g/mol. The van der Waals surface area contributed by atoms with Crippen molar-refractivity contribution in [1.82, 2.24) is 14.8 Å². The van der Waals surface area contributed by atoms with Gasteiger partial charge < -0.3 is 14.8 Å². The molecule has 2 aromatic rings. The van der Waals surface area contributed by atoms with E-state index in [0.29, 0.717) is 30.0 Å². The van der Waals surface area contributed by atoms with Crippen molar-refractivity contribution in [1.29, 1.82) is 0 Å². The van der Waals surface area contributed by atoms with Gasteiger partial charge in [0, 0.05) is 36.2 Å². The first-order valence-electron chi connectivity index (χ1n) is 11.4. The third-order valence-electron chi connectivity index (χ3n) is 6.38. The lowest BCUT2D eigenvalue weighted by Crippen LogP contribution is -2.45. The number of nitrogens with one attached hydrogen (secondary N) is 1. The van der Waals surface area contributed by atoms with Crippen LogP contribution in [0.15, 0.2) is 30.5 Å². The molecule has 3 rings (SSSR count). The molecule has 1 aromatic heterocycles. The summed E-state index contributed by atoms with van der Waals surface area (Å²) in [6, 6.07) is 7.44. The second kappa shape index (κ2) is 9.25. The summed E-state index contributed by atoms with van der Waals surface area (Å²) < 4.78 is 1.78. The maximum absolute atomic E-state index is 13.1. The average Bonchev–Trinajstić information content (AvgIpc) is 3.05. The molecule has 1 heterocycles. The summed E-state index contributed by atoms with van der Waals surface area (Å²) in [6.07, 6.45) is 4.54. The Balaban J connectivity index is 1.82. The van der Waals surface area contributed by atoms with Crippen LogP contribution in [0.3, 0.4) is 0 Å². The smallest absolute Gasteiger partial charge is 0.292 e. The Morgan fingerprint density at radius 1 is 1.13 bits per heavy atom. The van der Waals surface area contributed by atoms with E-state index in [-0.39, 0.29) is 23.9 Å². The Kier molecular flexibility index (Phi) is 6.87. The van der Waals surface area contributed by atoms with Gasteiger partial charge in [-0.25, -0.2) is 0 Å². The fourth-order valence-corrected chi connectivity index (χ4v) is 5.21. The topological polar surface area (TPSA) is 71.4 Å². The first-order valence-corrected chi connectivity index (χ1v) is 11.4. The number of carbonyl (C=O) groups is 3. The molecule has 2 atom stereocenters. The zero-order valence-corrected chi connectivity index (χ0v) is 19.4. The van der Waals surface area contributed by atoms with E-state index in [9.17, 15) is 14.4 Å². The van der Waals surface area contributed by atoms with E-state index in [1.807, 2.05) is 38.1 Å². The Morgan fingerprint density at radius 3 is 2.45 bits per heavy atom. The van der Waals surface area contributed by atoms with Crippen molar-refractivity contribution in [2.45, 2.75) is 66.5 Å². The number of rotatable bonds is 7. The van der Waals surface area contributed by atoms with Gasteiger partial charge in [-0.2, -0.15) is 0 Å². The lowest BCUT2D eigenvalue weighted by atomic mass is 9.70. The van der Waals surface area contributed by atoms with Gasteiger partial charge in [0.05, 0.1) is 5.56 Å². The van der Waals surface area contributed by atoms with E-state index < -0.39 is 11.7 Å². The minimum atomic E-state index is -0.562. The zero-order valence-electron chi connectivity index (χ0n) is 19.4. The van der Waals surface area contributed by atoms with Crippen molar-refractivity contribution in [3.63, 3.8) is 0 Å². The summed E-state index contributed by atoms with van der Waals surface area (Å²) in [5.41, 5.74) is 1.29. The number of nitrogens with zero attached hydrogens (tertiary/aromatic N) is 2. The molecule has 1 aliphatic rings. The number of para-hydroxylation sites is 1. The number of amides is 2. The molecule has 0 unspecified atom stereocenters. The molecule has 6 nitrogen and oxygen atoms in total. The Morgan fingerprint density at radius 2 is 1.81 bits per heavy atom. The fraction of sp³-hybridized carbons (Fsp3) is 0.560.